The fraction of sp³-hybridized carbons (Fsp3) is 0.350. The molecule has 4 rings (SSSR count). The Labute approximate surface area is 158 Å². The molecule has 1 fully saturated rings. The van der Waals surface area contributed by atoms with E-state index in [2.05, 4.69) is 24.8 Å². The minimum Gasteiger partial charge on any atom is -0.494 e. The fourth-order valence-corrected chi connectivity index (χ4v) is 3.33. The lowest BCUT2D eigenvalue weighted by Crippen LogP contribution is -2.31. The highest BCUT2D eigenvalue weighted by Gasteiger charge is 2.18. The van der Waals surface area contributed by atoms with Gasteiger partial charge in [0.1, 0.15) is 17.2 Å². The molecule has 27 heavy (non-hydrogen) atoms. The number of hydrogen-bond acceptors (Lipinski definition) is 7. The number of furan rings is 1. The van der Waals surface area contributed by atoms with Crippen molar-refractivity contribution in [1.82, 2.24) is 19.9 Å². The molecule has 3 aromatic heterocycles. The van der Waals surface area contributed by atoms with Crippen molar-refractivity contribution in [3.8, 4) is 17.2 Å². The molecule has 7 heteroatoms. The quantitative estimate of drug-likeness (QED) is 0.689. The van der Waals surface area contributed by atoms with E-state index in [1.807, 2.05) is 30.3 Å². The van der Waals surface area contributed by atoms with E-state index < -0.39 is 0 Å². The number of nitrogens with zero attached hydrogens (tertiary/aromatic N) is 5. The second-order valence-electron chi connectivity index (χ2n) is 6.49. The molecule has 1 aliphatic heterocycles. The van der Waals surface area contributed by atoms with Crippen LogP contribution < -0.4 is 9.64 Å². The van der Waals surface area contributed by atoms with Crippen molar-refractivity contribution in [2.45, 2.75) is 13.0 Å². The molecule has 0 bridgehead atoms. The standard InChI is InChI=1S/C20H23N5O2/c1-26-17-5-2-8-21-19(17)18-7-6-16(27-18)15-24-11-4-12-25(14-13-24)20-22-9-3-10-23-20/h2-3,5-10H,4,11-15H2,1H3. The van der Waals surface area contributed by atoms with Crippen LogP contribution in [0, 0.1) is 0 Å². The minimum atomic E-state index is 0.715. The SMILES string of the molecule is COc1cccnc1-c1ccc(CN2CCCN(c3ncccn3)CC2)o1. The molecular weight excluding hydrogens is 342 g/mol. The summed E-state index contributed by atoms with van der Waals surface area (Å²) in [6.45, 7) is 4.62. The molecule has 4 heterocycles. The molecule has 0 unspecified atom stereocenters. The Hall–Kier alpha value is -2.93. The van der Waals surface area contributed by atoms with Crippen LogP contribution in [0.5, 0.6) is 5.75 Å². The van der Waals surface area contributed by atoms with E-state index in [1.165, 1.54) is 0 Å². The van der Waals surface area contributed by atoms with Crippen molar-refractivity contribution < 1.29 is 9.15 Å². The van der Waals surface area contributed by atoms with Gasteiger partial charge in [0.05, 0.1) is 13.7 Å². The predicted molar refractivity (Wildman–Crippen MR) is 103 cm³/mol. The normalized spacial score (nSPS) is 15.5. The number of rotatable bonds is 5. The van der Waals surface area contributed by atoms with Gasteiger partial charge in [-0.25, -0.2) is 15.0 Å². The molecule has 1 saturated heterocycles. The van der Waals surface area contributed by atoms with Crippen molar-refractivity contribution in [3.63, 3.8) is 0 Å². The number of hydrogen-bond donors (Lipinski definition) is 0. The van der Waals surface area contributed by atoms with Gasteiger partial charge in [-0.15, -0.1) is 0 Å². The Kier molecular flexibility index (Phi) is 5.29. The molecule has 0 aromatic carbocycles. The Balaban J connectivity index is 1.41. The first kappa shape index (κ1) is 17.5. The highest BCUT2D eigenvalue weighted by Crippen LogP contribution is 2.29. The molecule has 0 saturated carbocycles. The maximum absolute atomic E-state index is 6.04. The highest BCUT2D eigenvalue weighted by atomic mass is 16.5. The smallest absolute Gasteiger partial charge is 0.225 e. The predicted octanol–water partition coefficient (Wildman–Crippen LogP) is 2.85. The highest BCUT2D eigenvalue weighted by molar-refractivity contribution is 5.60. The van der Waals surface area contributed by atoms with E-state index in [1.54, 1.807) is 25.7 Å². The van der Waals surface area contributed by atoms with Gasteiger partial charge in [-0.3, -0.25) is 4.90 Å². The van der Waals surface area contributed by atoms with Gasteiger partial charge in [0, 0.05) is 44.8 Å². The lowest BCUT2D eigenvalue weighted by molar-refractivity contribution is 0.261. The van der Waals surface area contributed by atoms with Gasteiger partial charge < -0.3 is 14.1 Å². The van der Waals surface area contributed by atoms with E-state index in [-0.39, 0.29) is 0 Å². The van der Waals surface area contributed by atoms with E-state index in [4.69, 9.17) is 9.15 Å². The van der Waals surface area contributed by atoms with Crippen LogP contribution >= 0.6 is 0 Å². The fourth-order valence-electron chi connectivity index (χ4n) is 3.33. The lowest BCUT2D eigenvalue weighted by Gasteiger charge is -2.21. The molecule has 1 aliphatic rings. The van der Waals surface area contributed by atoms with Crippen molar-refractivity contribution in [2.75, 3.05) is 38.2 Å². The van der Waals surface area contributed by atoms with Crippen LogP contribution in [0.25, 0.3) is 11.5 Å². The van der Waals surface area contributed by atoms with Crippen LogP contribution in [0.1, 0.15) is 12.2 Å². The number of methoxy groups -OCH3 is 1. The molecule has 0 radical (unpaired) electrons. The van der Waals surface area contributed by atoms with Crippen LogP contribution in [0.2, 0.25) is 0 Å². The second-order valence-corrected chi connectivity index (χ2v) is 6.49. The van der Waals surface area contributed by atoms with Gasteiger partial charge in [-0.05, 0) is 36.8 Å². The third kappa shape index (κ3) is 4.09. The molecular formula is C20H23N5O2. The zero-order valence-corrected chi connectivity index (χ0v) is 15.4. The molecule has 7 nitrogen and oxygen atoms in total. The summed E-state index contributed by atoms with van der Waals surface area (Å²) in [5.74, 6) is 3.19. The maximum atomic E-state index is 6.04. The molecule has 0 amide bonds. The molecule has 0 atom stereocenters. The zero-order chi connectivity index (χ0) is 18.5. The molecule has 0 aliphatic carbocycles. The van der Waals surface area contributed by atoms with Crippen LogP contribution in [-0.2, 0) is 6.54 Å². The molecule has 140 valence electrons. The topological polar surface area (TPSA) is 67.5 Å². The third-order valence-electron chi connectivity index (χ3n) is 4.69. The van der Waals surface area contributed by atoms with Gasteiger partial charge in [0.15, 0.2) is 5.76 Å². The number of pyridine rings is 1. The van der Waals surface area contributed by atoms with E-state index in [0.29, 0.717) is 5.75 Å². The molecule has 0 N–H and O–H groups in total. The first-order valence-electron chi connectivity index (χ1n) is 9.16. The largest absolute Gasteiger partial charge is 0.494 e. The number of aromatic nitrogens is 3. The van der Waals surface area contributed by atoms with Gasteiger partial charge >= 0.3 is 0 Å². The van der Waals surface area contributed by atoms with E-state index in [9.17, 15) is 0 Å². The van der Waals surface area contributed by atoms with Crippen LogP contribution in [0.4, 0.5) is 5.95 Å². The van der Waals surface area contributed by atoms with Gasteiger partial charge in [-0.2, -0.15) is 0 Å². The van der Waals surface area contributed by atoms with Gasteiger partial charge in [0.2, 0.25) is 5.95 Å². The Morgan fingerprint density at radius 3 is 2.67 bits per heavy atom. The van der Waals surface area contributed by atoms with Crippen molar-refractivity contribution >= 4 is 5.95 Å². The summed E-state index contributed by atoms with van der Waals surface area (Å²) in [5, 5.41) is 0. The summed E-state index contributed by atoms with van der Waals surface area (Å²) >= 11 is 0. The number of anilines is 1. The number of ether oxygens (including phenoxy) is 1. The summed E-state index contributed by atoms with van der Waals surface area (Å²) in [6, 6.07) is 9.57. The third-order valence-corrected chi connectivity index (χ3v) is 4.69. The second kappa shape index (κ2) is 8.18. The zero-order valence-electron chi connectivity index (χ0n) is 15.4. The lowest BCUT2D eigenvalue weighted by atomic mass is 10.2. The molecule has 3 aromatic rings. The van der Waals surface area contributed by atoms with Crippen LogP contribution in [0.3, 0.4) is 0 Å². The summed E-state index contributed by atoms with van der Waals surface area (Å²) in [7, 11) is 1.64. The van der Waals surface area contributed by atoms with Crippen molar-refractivity contribution in [3.05, 3.63) is 54.7 Å². The van der Waals surface area contributed by atoms with E-state index >= 15 is 0 Å². The van der Waals surface area contributed by atoms with Gasteiger partial charge in [0.25, 0.3) is 0 Å². The summed E-state index contributed by atoms with van der Waals surface area (Å²) < 4.78 is 11.4. The van der Waals surface area contributed by atoms with Crippen molar-refractivity contribution in [2.24, 2.45) is 0 Å². The van der Waals surface area contributed by atoms with Crippen molar-refractivity contribution in [1.29, 1.82) is 0 Å². The summed E-state index contributed by atoms with van der Waals surface area (Å²) in [5.41, 5.74) is 0.731. The summed E-state index contributed by atoms with van der Waals surface area (Å²) in [6.07, 6.45) is 6.40. The van der Waals surface area contributed by atoms with E-state index in [0.717, 1.165) is 62.3 Å². The van der Waals surface area contributed by atoms with Gasteiger partial charge in [-0.1, -0.05) is 0 Å². The van der Waals surface area contributed by atoms with Crippen LogP contribution in [0.15, 0.2) is 53.3 Å². The first-order valence-corrected chi connectivity index (χ1v) is 9.16. The summed E-state index contributed by atoms with van der Waals surface area (Å²) in [4.78, 5) is 17.8. The Morgan fingerprint density at radius 2 is 1.81 bits per heavy atom. The first-order chi connectivity index (χ1) is 13.3. The average Bonchev–Trinajstić information content (AvgIpc) is 3.06. The molecule has 0 spiro atoms. The monoisotopic (exact) mass is 365 g/mol. The Morgan fingerprint density at radius 1 is 0.963 bits per heavy atom. The average molecular weight is 365 g/mol. The van der Waals surface area contributed by atoms with Crippen LogP contribution in [-0.4, -0.2) is 53.1 Å². The minimum absolute atomic E-state index is 0.715. The Bertz CT molecular complexity index is 868. The maximum Gasteiger partial charge on any atom is 0.225 e.